The van der Waals surface area contributed by atoms with Gasteiger partial charge in [0.2, 0.25) is 5.91 Å². The number of carbonyl (C=O) groups excluding carboxylic acids is 2. The molecule has 2 heterocycles. The zero-order valence-corrected chi connectivity index (χ0v) is 13.7. The molecule has 0 atom stereocenters. The molecule has 0 bridgehead atoms. The molecule has 0 fully saturated rings. The van der Waals surface area contributed by atoms with E-state index in [0.29, 0.717) is 26.3 Å². The van der Waals surface area contributed by atoms with Crippen LogP contribution in [-0.2, 0) is 11.3 Å². The number of fused-ring (bicyclic) bond motifs is 1. The van der Waals surface area contributed by atoms with Gasteiger partial charge in [-0.25, -0.2) is 4.39 Å². The van der Waals surface area contributed by atoms with Gasteiger partial charge in [0.25, 0.3) is 5.91 Å². The van der Waals surface area contributed by atoms with Crippen LogP contribution >= 0.6 is 11.3 Å². The van der Waals surface area contributed by atoms with Crippen molar-refractivity contribution in [1.29, 1.82) is 0 Å². The summed E-state index contributed by atoms with van der Waals surface area (Å²) in [5.74, 6) is -0.437. The first-order valence-corrected chi connectivity index (χ1v) is 8.13. The molecule has 2 aromatic heterocycles. The number of rotatable bonds is 5. The Kier molecular flexibility index (Phi) is 4.61. The third-order valence-electron chi connectivity index (χ3n) is 3.56. The maximum atomic E-state index is 13.9. The Labute approximate surface area is 141 Å². The molecule has 2 N–H and O–H groups in total. The summed E-state index contributed by atoms with van der Waals surface area (Å²) < 4.78 is 19.7. The highest BCUT2D eigenvalue weighted by Crippen LogP contribution is 2.32. The molecule has 7 heteroatoms. The van der Waals surface area contributed by atoms with Gasteiger partial charge >= 0.3 is 0 Å². The zero-order chi connectivity index (χ0) is 17.1. The number of aryl methyl sites for hydroxylation is 1. The topological polar surface area (TPSA) is 71.3 Å². The van der Waals surface area contributed by atoms with E-state index < -0.39 is 0 Å². The van der Waals surface area contributed by atoms with Crippen LogP contribution in [-0.4, -0.2) is 18.4 Å². The molecule has 3 aromatic rings. The molecule has 0 spiro atoms. The summed E-state index contributed by atoms with van der Waals surface area (Å²) in [5, 5.41) is 5.65. The second kappa shape index (κ2) is 6.84. The number of furan rings is 1. The molecular weight excluding hydrogens is 331 g/mol. The van der Waals surface area contributed by atoms with Gasteiger partial charge in [-0.2, -0.15) is 0 Å². The number of amides is 2. The van der Waals surface area contributed by atoms with Gasteiger partial charge < -0.3 is 15.1 Å². The van der Waals surface area contributed by atoms with Crippen molar-refractivity contribution in [2.45, 2.75) is 13.5 Å². The summed E-state index contributed by atoms with van der Waals surface area (Å²) in [6.07, 6.45) is 1.52. The van der Waals surface area contributed by atoms with Crippen molar-refractivity contribution < 1.29 is 18.4 Å². The second-order valence-electron chi connectivity index (χ2n) is 5.21. The lowest BCUT2D eigenvalue weighted by atomic mass is 10.1. The van der Waals surface area contributed by atoms with Gasteiger partial charge in [0.05, 0.1) is 24.2 Å². The highest BCUT2D eigenvalue weighted by Gasteiger charge is 2.18. The number of hydrogen-bond donors (Lipinski definition) is 2. The average Bonchev–Trinajstić information content (AvgIpc) is 3.19. The number of halogens is 1. The first-order chi connectivity index (χ1) is 11.6. The SMILES string of the molecule is Cc1c(C(=O)NCC(=O)NCc2ccco2)sc2cccc(F)c12. The van der Waals surface area contributed by atoms with Crippen LogP contribution in [0.2, 0.25) is 0 Å². The number of hydrogen-bond acceptors (Lipinski definition) is 4. The number of thiophene rings is 1. The van der Waals surface area contributed by atoms with Crippen molar-refractivity contribution in [1.82, 2.24) is 10.6 Å². The molecule has 0 saturated carbocycles. The average molecular weight is 346 g/mol. The molecule has 0 saturated heterocycles. The van der Waals surface area contributed by atoms with Crippen LogP contribution in [0.3, 0.4) is 0 Å². The van der Waals surface area contributed by atoms with E-state index in [4.69, 9.17) is 4.42 Å². The van der Waals surface area contributed by atoms with Crippen LogP contribution in [0.5, 0.6) is 0 Å². The Bertz CT molecular complexity index is 887. The smallest absolute Gasteiger partial charge is 0.262 e. The minimum atomic E-state index is -0.388. The van der Waals surface area contributed by atoms with Crippen molar-refractivity contribution in [2.75, 3.05) is 6.54 Å². The highest BCUT2D eigenvalue weighted by atomic mass is 32.1. The monoisotopic (exact) mass is 346 g/mol. The van der Waals surface area contributed by atoms with Crippen molar-refractivity contribution in [2.24, 2.45) is 0 Å². The zero-order valence-electron chi connectivity index (χ0n) is 12.9. The molecule has 2 amide bonds. The first-order valence-electron chi connectivity index (χ1n) is 7.31. The van der Waals surface area contributed by atoms with Gasteiger partial charge in [-0.05, 0) is 36.8 Å². The third kappa shape index (κ3) is 3.30. The van der Waals surface area contributed by atoms with Crippen molar-refractivity contribution >= 4 is 33.2 Å². The fraction of sp³-hybridized carbons (Fsp3) is 0.176. The summed E-state index contributed by atoms with van der Waals surface area (Å²) in [6, 6.07) is 8.22. The van der Waals surface area contributed by atoms with E-state index >= 15 is 0 Å². The van der Waals surface area contributed by atoms with Crippen molar-refractivity contribution in [3.05, 3.63) is 58.6 Å². The summed E-state index contributed by atoms with van der Waals surface area (Å²) in [7, 11) is 0. The molecule has 0 aliphatic heterocycles. The van der Waals surface area contributed by atoms with Gasteiger partial charge in [0.1, 0.15) is 11.6 Å². The van der Waals surface area contributed by atoms with E-state index in [9.17, 15) is 14.0 Å². The first kappa shape index (κ1) is 16.2. The van der Waals surface area contributed by atoms with Crippen molar-refractivity contribution in [3.63, 3.8) is 0 Å². The van der Waals surface area contributed by atoms with Gasteiger partial charge in [-0.1, -0.05) is 6.07 Å². The predicted molar refractivity (Wildman–Crippen MR) is 89.4 cm³/mol. The minimum absolute atomic E-state index is 0.157. The van der Waals surface area contributed by atoms with E-state index in [1.165, 1.54) is 23.7 Å². The standard InChI is InChI=1S/C17H15FN2O3S/c1-10-15-12(18)5-2-6-13(15)24-16(10)17(22)20-9-14(21)19-8-11-4-3-7-23-11/h2-7H,8-9H2,1H3,(H,19,21)(H,20,22). The Morgan fingerprint density at radius 3 is 2.75 bits per heavy atom. The molecule has 0 aliphatic rings. The molecule has 24 heavy (non-hydrogen) atoms. The van der Waals surface area contributed by atoms with Crippen LogP contribution in [0.25, 0.3) is 10.1 Å². The van der Waals surface area contributed by atoms with E-state index in [-0.39, 0.29) is 30.7 Å². The maximum Gasteiger partial charge on any atom is 0.262 e. The lowest BCUT2D eigenvalue weighted by Crippen LogP contribution is -2.36. The Balaban J connectivity index is 1.62. The quantitative estimate of drug-likeness (QED) is 0.746. The maximum absolute atomic E-state index is 13.9. The van der Waals surface area contributed by atoms with E-state index in [0.717, 1.165) is 0 Å². The molecule has 3 rings (SSSR count). The van der Waals surface area contributed by atoms with Gasteiger partial charge in [-0.15, -0.1) is 11.3 Å². The van der Waals surface area contributed by atoms with Crippen LogP contribution in [0.4, 0.5) is 4.39 Å². The van der Waals surface area contributed by atoms with Gasteiger partial charge in [-0.3, -0.25) is 9.59 Å². The summed E-state index contributed by atoms with van der Waals surface area (Å²) in [5.41, 5.74) is 0.585. The van der Waals surface area contributed by atoms with Gasteiger partial charge in [0.15, 0.2) is 0 Å². The molecular formula is C17H15FN2O3S. The lowest BCUT2D eigenvalue weighted by molar-refractivity contribution is -0.120. The Hall–Kier alpha value is -2.67. The Morgan fingerprint density at radius 1 is 1.21 bits per heavy atom. The second-order valence-corrected chi connectivity index (χ2v) is 6.26. The Morgan fingerprint density at radius 2 is 2.04 bits per heavy atom. The largest absolute Gasteiger partial charge is 0.467 e. The summed E-state index contributed by atoms with van der Waals surface area (Å²) in [6.45, 7) is 1.80. The van der Waals surface area contributed by atoms with E-state index in [2.05, 4.69) is 10.6 Å². The normalized spacial score (nSPS) is 10.8. The minimum Gasteiger partial charge on any atom is -0.467 e. The van der Waals surface area contributed by atoms with Gasteiger partial charge in [0, 0.05) is 10.1 Å². The molecule has 0 unspecified atom stereocenters. The van der Waals surface area contributed by atoms with Crippen LogP contribution in [0.15, 0.2) is 41.0 Å². The van der Waals surface area contributed by atoms with E-state index in [1.54, 1.807) is 31.2 Å². The van der Waals surface area contributed by atoms with Crippen molar-refractivity contribution in [3.8, 4) is 0 Å². The molecule has 5 nitrogen and oxygen atoms in total. The fourth-order valence-corrected chi connectivity index (χ4v) is 3.51. The number of nitrogens with one attached hydrogen (secondary N) is 2. The molecule has 0 radical (unpaired) electrons. The van der Waals surface area contributed by atoms with Crippen LogP contribution in [0.1, 0.15) is 21.0 Å². The molecule has 124 valence electrons. The lowest BCUT2D eigenvalue weighted by Gasteiger charge is -2.05. The molecule has 0 aliphatic carbocycles. The highest BCUT2D eigenvalue weighted by molar-refractivity contribution is 7.21. The summed E-state index contributed by atoms with van der Waals surface area (Å²) in [4.78, 5) is 24.4. The number of carbonyl (C=O) groups is 2. The van der Waals surface area contributed by atoms with E-state index in [1.807, 2.05) is 0 Å². The fourth-order valence-electron chi connectivity index (χ4n) is 2.37. The third-order valence-corrected chi connectivity index (χ3v) is 4.81. The number of benzene rings is 1. The van der Waals surface area contributed by atoms with Crippen LogP contribution in [0, 0.1) is 12.7 Å². The predicted octanol–water partition coefficient (Wildman–Crippen LogP) is 2.99. The summed E-state index contributed by atoms with van der Waals surface area (Å²) >= 11 is 1.21. The molecule has 1 aromatic carbocycles. The van der Waals surface area contributed by atoms with Crippen LogP contribution < -0.4 is 10.6 Å².